The first kappa shape index (κ1) is 98.1. The minimum Gasteiger partial charge on any atom is -0.0582 e. The van der Waals surface area contributed by atoms with Crippen molar-refractivity contribution in [2.24, 2.45) is 0 Å². The molecule has 0 fully saturated rings. The van der Waals surface area contributed by atoms with E-state index in [9.17, 15) is 0 Å². The van der Waals surface area contributed by atoms with Gasteiger partial charge in [-0.2, -0.15) is 0 Å². The molecule has 0 atom stereocenters. The summed E-state index contributed by atoms with van der Waals surface area (Å²) in [6.07, 6.45) is 0. The van der Waals surface area contributed by atoms with Gasteiger partial charge in [0.05, 0.1) is 16.4 Å². The van der Waals surface area contributed by atoms with E-state index < -0.39 is 0 Å². The second-order valence-corrected chi connectivity index (χ2v) is 58.5. The Balaban J connectivity index is 0.000000805. The second-order valence-electron chi connectivity index (χ2n) is 58.5. The first-order valence-corrected chi connectivity index (χ1v) is 48.0. The SMILES string of the molecule is [2H]c1c(C(C)(C)C)cc(C(C)(C)C)c(C(C)(C)C)c1[2H].[2H]c1c(C(C)(C)C)ccc(C(C)(C)C)c1C(C)(C)C.[2H]c1c([2H])c(C(C)(C)C)c(C(C)(C)C)c([2H])c1C(C)(C)C.[2H]c1cc(C(C)(C)C)c(C(C)(C)C)c([2H])c1C(C)(C)C.[2H]c1cc(C(C)(C)C)c(C(C)(C)C)cc1C(C)(C)C.[2H]c1cc(C(C)(C)C)c([2H])c(C(C)(C)C)c1C(C)(C)C.[2H]c1cc(C(C)(C)C)cc(C(C)(C)C)c1C(C)(C)C. The van der Waals surface area contributed by atoms with Crippen molar-refractivity contribution >= 4 is 0 Å². The number of benzene rings is 7. The van der Waals surface area contributed by atoms with Gasteiger partial charge in [-0.3, -0.25) is 0 Å². The number of rotatable bonds is 0. The van der Waals surface area contributed by atoms with Gasteiger partial charge in [-0.15, -0.1) is 0 Å². The maximum absolute atomic E-state index is 8.71. The highest BCUT2D eigenvalue weighted by molar-refractivity contribution is 5.50. The lowest BCUT2D eigenvalue weighted by Gasteiger charge is -2.32. The van der Waals surface area contributed by atoms with Crippen LogP contribution in [0.1, 0.15) is 569 Å². The molecule has 0 bridgehead atoms. The minimum atomic E-state index is -0.305. The molecule has 7 rings (SSSR count). The largest absolute Gasteiger partial charge is 0.0629 e. The van der Waals surface area contributed by atoms with Crippen LogP contribution >= 0.6 is 0 Å². The van der Waals surface area contributed by atoms with Crippen LogP contribution in [0.15, 0.2) is 127 Å². The van der Waals surface area contributed by atoms with Gasteiger partial charge >= 0.3 is 0 Å². The first-order valence-electron chi connectivity index (χ1n) is 54.0. The van der Waals surface area contributed by atoms with Crippen LogP contribution in [-0.2, 0) is 114 Å². The van der Waals surface area contributed by atoms with Crippen LogP contribution in [0, 0.1) is 0 Å². The van der Waals surface area contributed by atoms with Crippen LogP contribution in [0.4, 0.5) is 0 Å². The molecular formula is C126H210. The molecule has 0 nitrogen and oxygen atoms in total. The Hall–Kier alpha value is -5.46. The first-order chi connectivity index (χ1) is 59.9. The summed E-state index contributed by atoms with van der Waals surface area (Å²) in [5.41, 5.74) is 21.8. The molecule has 714 valence electrons. The lowest BCUT2D eigenvalue weighted by Crippen LogP contribution is -2.23. The standard InChI is InChI=1S/7C18H30/c7*1-16(2,3)13-10-11-14(17(4,5)6)15(12-13)18(7,8)9/h7*10-12H,1-9H3/i10D,11D,12D;11D,12D;10D,12D;10D,11D;12D;11D;10D. The third-order valence-corrected chi connectivity index (χ3v) is 22.7. The summed E-state index contributed by atoms with van der Waals surface area (Å²) >= 11 is 0. The Morgan fingerprint density at radius 1 is 0.111 bits per heavy atom. The molecule has 0 amide bonds. The van der Waals surface area contributed by atoms with Crippen LogP contribution < -0.4 is 0 Å². The van der Waals surface area contributed by atoms with Gasteiger partial charge in [0.25, 0.3) is 0 Å². The smallest absolute Gasteiger partial charge is 0.0582 e. The van der Waals surface area contributed by atoms with E-state index in [0.29, 0.717) is 59.9 Å². The molecule has 0 aliphatic rings. The van der Waals surface area contributed by atoms with Crippen molar-refractivity contribution in [2.45, 2.75) is 550 Å². The van der Waals surface area contributed by atoms with Gasteiger partial charge in [0.2, 0.25) is 0 Å². The fourth-order valence-electron chi connectivity index (χ4n) is 14.4. The maximum Gasteiger partial charge on any atom is 0.0629 e. The Morgan fingerprint density at radius 2 is 0.270 bits per heavy atom. The van der Waals surface area contributed by atoms with Crippen LogP contribution in [0.25, 0.3) is 0 Å². The minimum absolute atomic E-state index is 0.000949. The molecule has 0 saturated carbocycles. The zero-order valence-corrected chi connectivity index (χ0v) is 95.2. The molecule has 0 unspecified atom stereocenters. The third-order valence-electron chi connectivity index (χ3n) is 22.7. The molecule has 0 aliphatic carbocycles. The van der Waals surface area contributed by atoms with Gasteiger partial charge < -0.3 is 0 Å². The monoisotopic (exact) mass is 1740 g/mol. The van der Waals surface area contributed by atoms with Crippen molar-refractivity contribution in [1.29, 1.82) is 0 Å². The highest BCUT2D eigenvalue weighted by Gasteiger charge is 2.36. The van der Waals surface area contributed by atoms with E-state index in [1.165, 1.54) is 44.5 Å². The van der Waals surface area contributed by atoms with Gasteiger partial charge in [0.1, 0.15) is 0 Å². The van der Waals surface area contributed by atoms with Crippen molar-refractivity contribution in [3.8, 4) is 0 Å². The van der Waals surface area contributed by atoms with Crippen molar-refractivity contribution in [3.05, 3.63) is 244 Å². The van der Waals surface area contributed by atoms with Crippen molar-refractivity contribution in [1.82, 2.24) is 0 Å². The molecule has 0 aliphatic heterocycles. The van der Waals surface area contributed by atoms with Crippen LogP contribution in [-0.4, -0.2) is 0 Å². The lowest BCUT2D eigenvalue weighted by molar-refractivity contribution is 0.523. The molecule has 0 spiro atoms. The summed E-state index contributed by atoms with van der Waals surface area (Å²) < 4.78 is 102. The molecule has 0 heterocycles. The van der Waals surface area contributed by atoms with E-state index in [0.717, 1.165) is 72.8 Å². The average molecular weight is 1740 g/mol. The van der Waals surface area contributed by atoms with Gasteiger partial charge in [0.15, 0.2) is 0 Å². The van der Waals surface area contributed by atoms with Crippen molar-refractivity contribution in [2.75, 3.05) is 0 Å². The summed E-state index contributed by atoms with van der Waals surface area (Å²) in [5.74, 6) is 0. The predicted molar refractivity (Wildman–Crippen MR) is 578 cm³/mol. The topological polar surface area (TPSA) is 0 Å². The van der Waals surface area contributed by atoms with Crippen molar-refractivity contribution < 1.29 is 16.4 Å². The van der Waals surface area contributed by atoms with Crippen molar-refractivity contribution in [3.63, 3.8) is 0 Å². The van der Waals surface area contributed by atoms with Gasteiger partial charge in [-0.25, -0.2) is 0 Å². The summed E-state index contributed by atoms with van der Waals surface area (Å²) in [6, 6.07) is 25.2. The normalized spacial score (nSPS) is 15.2. The van der Waals surface area contributed by atoms with Crippen LogP contribution in [0.3, 0.4) is 0 Å². The van der Waals surface area contributed by atoms with Crippen LogP contribution in [0.5, 0.6) is 0 Å². The third kappa shape index (κ3) is 36.6. The number of hydrogen-bond donors (Lipinski definition) is 0. The summed E-state index contributed by atoms with van der Waals surface area (Å²) in [6.45, 7) is 136. The fraction of sp³-hybridized carbons (Fsp3) is 0.667. The zero-order chi connectivity index (χ0) is 111. The van der Waals surface area contributed by atoms with E-state index in [1.807, 2.05) is 32.9 Å². The van der Waals surface area contributed by atoms with E-state index >= 15 is 0 Å². The van der Waals surface area contributed by atoms with Gasteiger partial charge in [-0.1, -0.05) is 563 Å². The van der Waals surface area contributed by atoms with E-state index in [2.05, 4.69) is 458 Å². The number of hydrogen-bond acceptors (Lipinski definition) is 0. The molecule has 0 radical (unpaired) electrons. The Kier molecular flexibility index (Phi) is 31.2. The quantitative estimate of drug-likeness (QED) is 0.142. The molecule has 0 N–H and O–H groups in total. The summed E-state index contributed by atoms with van der Waals surface area (Å²) in [4.78, 5) is 0. The Bertz CT molecular complexity index is 5290. The predicted octanol–water partition coefficient (Wildman–Crippen LogP) is 39.1. The Morgan fingerprint density at radius 3 is 0.532 bits per heavy atom. The highest BCUT2D eigenvalue weighted by Crippen LogP contribution is 2.46. The summed E-state index contributed by atoms with van der Waals surface area (Å²) in [5, 5.41) is 0. The second kappa shape index (κ2) is 40.2. The molecular weight excluding hydrogens is 1510 g/mol. The van der Waals surface area contributed by atoms with Gasteiger partial charge in [0, 0.05) is 0 Å². The highest BCUT2D eigenvalue weighted by atomic mass is 14.4. The lowest BCUT2D eigenvalue weighted by atomic mass is 9.73. The fourth-order valence-corrected chi connectivity index (χ4v) is 14.4. The molecule has 0 aromatic heterocycles. The van der Waals surface area contributed by atoms with E-state index in [-0.39, 0.29) is 126 Å². The Labute approximate surface area is 805 Å². The zero-order valence-electron chi connectivity index (χ0n) is 107. The maximum atomic E-state index is 8.71. The molecule has 7 aromatic carbocycles. The summed E-state index contributed by atoms with van der Waals surface area (Å²) in [7, 11) is 0. The average Bonchev–Trinajstić information content (AvgIpc) is 0.724. The molecule has 0 heteroatoms. The van der Waals surface area contributed by atoms with Crippen LogP contribution in [0.2, 0.25) is 0 Å². The molecule has 7 aromatic rings. The van der Waals surface area contributed by atoms with E-state index in [1.54, 1.807) is 0 Å². The molecule has 0 saturated heterocycles. The van der Waals surface area contributed by atoms with E-state index in [4.69, 9.17) is 16.4 Å². The molecule has 126 heavy (non-hydrogen) atoms. The van der Waals surface area contributed by atoms with Gasteiger partial charge in [-0.05, 0) is 231 Å².